The van der Waals surface area contributed by atoms with Crippen LogP contribution in [-0.4, -0.2) is 72.4 Å². The number of alkyl carbamates (subject to hydrolysis) is 1. The number of carbonyl (C=O) groups is 2. The van der Waals surface area contributed by atoms with Crippen molar-refractivity contribution in [2.24, 2.45) is 5.41 Å². The van der Waals surface area contributed by atoms with Crippen LogP contribution >= 0.6 is 0 Å². The van der Waals surface area contributed by atoms with E-state index in [0.717, 1.165) is 5.39 Å². The Morgan fingerprint density at radius 3 is 2.80 bits per heavy atom. The van der Waals surface area contributed by atoms with E-state index in [0.29, 0.717) is 17.8 Å². The van der Waals surface area contributed by atoms with Gasteiger partial charge in [-0.15, -0.1) is 0 Å². The minimum absolute atomic E-state index is 0.0182. The second kappa shape index (κ2) is 11.4. The van der Waals surface area contributed by atoms with Crippen LogP contribution in [0.25, 0.3) is 11.0 Å². The van der Waals surface area contributed by atoms with E-state index >= 15 is 0 Å². The summed E-state index contributed by atoms with van der Waals surface area (Å²) in [5.41, 5.74) is 1.01. The van der Waals surface area contributed by atoms with Crippen LogP contribution in [0.4, 0.5) is 4.79 Å². The quantitative estimate of drug-likeness (QED) is 0.307. The fourth-order valence-electron chi connectivity index (χ4n) is 3.81. The van der Waals surface area contributed by atoms with Crippen molar-refractivity contribution in [3.05, 3.63) is 47.7 Å². The van der Waals surface area contributed by atoms with Crippen LogP contribution in [0.5, 0.6) is 0 Å². The number of morpholine rings is 1. The molecule has 2 aromatic rings. The summed E-state index contributed by atoms with van der Waals surface area (Å²) in [7, 11) is -1.84. The molecule has 2 heterocycles. The Hall–Kier alpha value is -3.33. The van der Waals surface area contributed by atoms with Crippen LogP contribution < -0.4 is 5.32 Å². The van der Waals surface area contributed by atoms with Crippen molar-refractivity contribution in [3.63, 3.8) is 0 Å². The number of fused-ring (bicyclic) bond motifs is 1. The van der Waals surface area contributed by atoms with Crippen LogP contribution in [0.1, 0.15) is 26.3 Å². The molecule has 1 aromatic heterocycles. The topological polar surface area (TPSA) is 145 Å². The Morgan fingerprint density at radius 2 is 2.11 bits per heavy atom. The molecule has 1 aliphatic heterocycles. The number of rotatable bonds is 7. The molecule has 1 aromatic carbocycles. The molecule has 1 saturated heterocycles. The van der Waals surface area contributed by atoms with E-state index in [1.54, 1.807) is 12.1 Å². The number of amides is 2. The molecule has 2 amide bonds. The molecule has 1 fully saturated rings. The van der Waals surface area contributed by atoms with Gasteiger partial charge in [0.05, 0.1) is 31.5 Å². The minimum Gasteiger partial charge on any atom is -0.464 e. The summed E-state index contributed by atoms with van der Waals surface area (Å²) in [5.74, 6) is -1.50. The van der Waals surface area contributed by atoms with E-state index in [1.807, 2.05) is 45.0 Å². The van der Waals surface area contributed by atoms with Gasteiger partial charge in [-0.05, 0) is 23.5 Å². The van der Waals surface area contributed by atoms with Gasteiger partial charge in [0.2, 0.25) is 0 Å². The van der Waals surface area contributed by atoms with Crippen LogP contribution in [-0.2, 0) is 20.7 Å². The second-order valence-electron chi connectivity index (χ2n) is 9.49. The third-order valence-corrected chi connectivity index (χ3v) is 5.49. The van der Waals surface area contributed by atoms with Gasteiger partial charge in [-0.25, -0.2) is 4.79 Å². The summed E-state index contributed by atoms with van der Waals surface area (Å²) >= 11 is 0. The SMILES string of the molecule is CC(C)(C)/C=C(\C#N)C(=O)N1CCOC[C@@H]1COC(=O)N[C@@H](Cc1coc2ccccc12)B(O)O. The van der Waals surface area contributed by atoms with Crippen molar-refractivity contribution in [2.75, 3.05) is 26.4 Å². The maximum Gasteiger partial charge on any atom is 0.475 e. The van der Waals surface area contributed by atoms with Crippen LogP contribution in [0, 0.1) is 16.7 Å². The van der Waals surface area contributed by atoms with Crippen LogP contribution in [0.3, 0.4) is 0 Å². The molecule has 35 heavy (non-hydrogen) atoms. The number of allylic oxidation sites excluding steroid dienone is 1. The first-order valence-electron chi connectivity index (χ1n) is 11.3. The highest BCUT2D eigenvalue weighted by Gasteiger charge is 2.32. The standard InChI is InChI=1S/C24H30BN3O7/c1-24(2,3)11-17(12-26)22(29)28-8-9-33-14-18(28)15-35-23(30)27-21(25(31)32)10-16-13-34-20-7-5-4-6-19(16)20/h4-7,11,13,18,21,31-32H,8-10,14-15H2,1-3H3,(H,27,30)/b17-11+/t18-,21+/m1/s1. The first-order valence-corrected chi connectivity index (χ1v) is 11.3. The Balaban J connectivity index is 1.62. The molecule has 10 nitrogen and oxygen atoms in total. The van der Waals surface area contributed by atoms with E-state index in [2.05, 4.69) is 5.32 Å². The number of hydrogen-bond acceptors (Lipinski definition) is 8. The van der Waals surface area contributed by atoms with E-state index in [1.165, 1.54) is 11.2 Å². The van der Waals surface area contributed by atoms with E-state index in [4.69, 9.17) is 13.9 Å². The molecule has 3 N–H and O–H groups in total. The lowest BCUT2D eigenvalue weighted by atomic mass is 9.76. The molecule has 0 unspecified atom stereocenters. The largest absolute Gasteiger partial charge is 0.475 e. The normalized spacial score (nSPS) is 17.5. The van der Waals surface area contributed by atoms with Crippen LogP contribution in [0.15, 0.2) is 46.6 Å². The third kappa shape index (κ3) is 7.08. The first-order chi connectivity index (χ1) is 16.6. The summed E-state index contributed by atoms with van der Waals surface area (Å²) in [6.07, 6.45) is 2.35. The van der Waals surface area contributed by atoms with E-state index in [9.17, 15) is 24.9 Å². The molecular weight excluding hydrogens is 453 g/mol. The summed E-state index contributed by atoms with van der Waals surface area (Å²) in [5, 5.41) is 32.3. The Kier molecular flexibility index (Phi) is 8.56. The zero-order valence-electron chi connectivity index (χ0n) is 20.1. The number of hydrogen-bond donors (Lipinski definition) is 3. The zero-order chi connectivity index (χ0) is 25.6. The first kappa shape index (κ1) is 26.3. The summed E-state index contributed by atoms with van der Waals surface area (Å²) < 4.78 is 16.2. The van der Waals surface area contributed by atoms with Gasteiger partial charge in [0.1, 0.15) is 23.8 Å². The number of para-hydroxylation sites is 1. The monoisotopic (exact) mass is 483 g/mol. The highest BCUT2D eigenvalue weighted by Crippen LogP contribution is 2.22. The number of nitrogens with zero attached hydrogens (tertiary/aromatic N) is 2. The number of nitrogens with one attached hydrogen (secondary N) is 1. The van der Waals surface area contributed by atoms with Crippen molar-refractivity contribution in [2.45, 2.75) is 39.2 Å². The van der Waals surface area contributed by atoms with Crippen molar-refractivity contribution in [1.29, 1.82) is 5.26 Å². The molecule has 0 bridgehead atoms. The van der Waals surface area contributed by atoms with Crippen molar-refractivity contribution in [3.8, 4) is 6.07 Å². The smallest absolute Gasteiger partial charge is 0.464 e. The maximum atomic E-state index is 13.0. The lowest BCUT2D eigenvalue weighted by Crippen LogP contribution is -2.53. The number of nitriles is 1. The maximum absolute atomic E-state index is 13.0. The molecule has 2 atom stereocenters. The van der Waals surface area contributed by atoms with Gasteiger partial charge < -0.3 is 34.2 Å². The lowest BCUT2D eigenvalue weighted by Gasteiger charge is -2.35. The number of benzene rings is 1. The molecule has 0 aliphatic carbocycles. The Labute approximate surface area is 204 Å². The van der Waals surface area contributed by atoms with Gasteiger partial charge in [-0.3, -0.25) is 4.79 Å². The molecule has 1 aliphatic rings. The van der Waals surface area contributed by atoms with Gasteiger partial charge in [-0.1, -0.05) is 45.0 Å². The predicted octanol–water partition coefficient (Wildman–Crippen LogP) is 1.81. The predicted molar refractivity (Wildman–Crippen MR) is 128 cm³/mol. The summed E-state index contributed by atoms with van der Waals surface area (Å²) in [4.78, 5) is 26.9. The number of furan rings is 1. The average Bonchev–Trinajstić information content (AvgIpc) is 3.22. The molecule has 11 heteroatoms. The van der Waals surface area contributed by atoms with Gasteiger partial charge in [0.25, 0.3) is 5.91 Å². The molecule has 0 radical (unpaired) electrons. The average molecular weight is 483 g/mol. The molecule has 3 rings (SSSR count). The summed E-state index contributed by atoms with van der Waals surface area (Å²) in [6, 6.07) is 8.66. The van der Waals surface area contributed by atoms with E-state index in [-0.39, 0.29) is 37.2 Å². The van der Waals surface area contributed by atoms with Crippen molar-refractivity contribution < 1.29 is 33.5 Å². The fraction of sp³-hybridized carbons (Fsp3) is 0.458. The van der Waals surface area contributed by atoms with Gasteiger partial charge in [0, 0.05) is 11.9 Å². The molecule has 186 valence electrons. The highest BCUT2D eigenvalue weighted by molar-refractivity contribution is 6.43. The minimum atomic E-state index is -1.84. The van der Waals surface area contributed by atoms with Gasteiger partial charge in [-0.2, -0.15) is 5.26 Å². The fourth-order valence-corrected chi connectivity index (χ4v) is 3.81. The Morgan fingerprint density at radius 1 is 1.37 bits per heavy atom. The molecule has 0 spiro atoms. The zero-order valence-corrected chi connectivity index (χ0v) is 20.1. The summed E-state index contributed by atoms with van der Waals surface area (Å²) in [6.45, 7) is 6.18. The van der Waals surface area contributed by atoms with Crippen molar-refractivity contribution >= 4 is 30.1 Å². The lowest BCUT2D eigenvalue weighted by molar-refractivity contribution is -0.137. The van der Waals surface area contributed by atoms with E-state index < -0.39 is 31.1 Å². The molecular formula is C24H30BN3O7. The Bertz CT molecular complexity index is 1120. The number of carbonyl (C=O) groups excluding carboxylic acids is 2. The number of ether oxygens (including phenoxy) is 2. The van der Waals surface area contributed by atoms with Crippen molar-refractivity contribution in [1.82, 2.24) is 10.2 Å². The third-order valence-electron chi connectivity index (χ3n) is 5.49. The van der Waals surface area contributed by atoms with Gasteiger partial charge in [0.15, 0.2) is 0 Å². The second-order valence-corrected chi connectivity index (χ2v) is 9.49. The molecule has 0 saturated carbocycles. The highest BCUT2D eigenvalue weighted by atomic mass is 16.6. The van der Waals surface area contributed by atoms with Crippen LogP contribution in [0.2, 0.25) is 0 Å². The van der Waals surface area contributed by atoms with Gasteiger partial charge >= 0.3 is 13.2 Å².